The summed E-state index contributed by atoms with van der Waals surface area (Å²) in [6.45, 7) is 0.763. The number of aromatic nitrogens is 2. The standard InChI is InChI=1S/C20H21N3O2/c24-16-9-10-17-18(13-16)22-19(21-17)20(25)23-11-5-4-8-15(23)12-14-6-2-1-3-7-14/h1-3,6-7,9-10,13,15,24H,4-5,8,11-12H2,(H,21,22). The summed E-state index contributed by atoms with van der Waals surface area (Å²) in [6, 6.07) is 15.4. The van der Waals surface area contributed by atoms with E-state index in [1.54, 1.807) is 18.2 Å². The third-order valence-electron chi connectivity index (χ3n) is 4.87. The molecule has 2 heterocycles. The van der Waals surface area contributed by atoms with Crippen LogP contribution in [0.25, 0.3) is 11.0 Å². The lowest BCUT2D eigenvalue weighted by molar-refractivity contribution is 0.0602. The van der Waals surface area contributed by atoms with Gasteiger partial charge < -0.3 is 15.0 Å². The summed E-state index contributed by atoms with van der Waals surface area (Å²) in [5.74, 6) is 0.451. The van der Waals surface area contributed by atoms with Crippen molar-refractivity contribution in [2.45, 2.75) is 31.7 Å². The van der Waals surface area contributed by atoms with Crippen LogP contribution >= 0.6 is 0 Å². The van der Waals surface area contributed by atoms with Crippen molar-refractivity contribution in [3.63, 3.8) is 0 Å². The zero-order chi connectivity index (χ0) is 17.2. The van der Waals surface area contributed by atoms with Gasteiger partial charge in [0.05, 0.1) is 11.0 Å². The number of hydrogen-bond acceptors (Lipinski definition) is 3. The molecule has 128 valence electrons. The van der Waals surface area contributed by atoms with E-state index in [0.717, 1.165) is 32.2 Å². The lowest BCUT2D eigenvalue weighted by atomic mass is 9.95. The number of nitrogens with zero attached hydrogens (tertiary/aromatic N) is 2. The molecule has 1 saturated heterocycles. The molecule has 0 radical (unpaired) electrons. The molecule has 1 aliphatic heterocycles. The number of fused-ring (bicyclic) bond motifs is 1. The van der Waals surface area contributed by atoms with E-state index >= 15 is 0 Å². The summed E-state index contributed by atoms with van der Waals surface area (Å²) in [5.41, 5.74) is 2.62. The van der Waals surface area contributed by atoms with E-state index in [9.17, 15) is 9.90 Å². The van der Waals surface area contributed by atoms with Gasteiger partial charge in [-0.15, -0.1) is 0 Å². The number of hydrogen-bond donors (Lipinski definition) is 2. The van der Waals surface area contributed by atoms with Crippen LogP contribution in [0.4, 0.5) is 0 Å². The first-order valence-corrected chi connectivity index (χ1v) is 8.74. The molecule has 3 aromatic rings. The van der Waals surface area contributed by atoms with Gasteiger partial charge in [0.2, 0.25) is 0 Å². The second-order valence-corrected chi connectivity index (χ2v) is 6.62. The molecule has 1 fully saturated rings. The maximum atomic E-state index is 13.0. The number of aromatic hydroxyl groups is 1. The monoisotopic (exact) mass is 335 g/mol. The highest BCUT2D eigenvalue weighted by Gasteiger charge is 2.29. The van der Waals surface area contributed by atoms with Crippen LogP contribution in [0.2, 0.25) is 0 Å². The second-order valence-electron chi connectivity index (χ2n) is 6.62. The van der Waals surface area contributed by atoms with Crippen LogP contribution in [0.3, 0.4) is 0 Å². The maximum absolute atomic E-state index is 13.0. The van der Waals surface area contributed by atoms with E-state index in [4.69, 9.17) is 0 Å². The van der Waals surface area contributed by atoms with Crippen LogP contribution in [0.15, 0.2) is 48.5 Å². The molecule has 4 rings (SSSR count). The number of carbonyl (C=O) groups excluding carboxylic acids is 1. The molecular weight excluding hydrogens is 314 g/mol. The Labute approximate surface area is 146 Å². The van der Waals surface area contributed by atoms with Gasteiger partial charge in [-0.25, -0.2) is 4.98 Å². The molecule has 5 nitrogen and oxygen atoms in total. The molecule has 25 heavy (non-hydrogen) atoms. The van der Waals surface area contributed by atoms with Crippen molar-refractivity contribution in [3.8, 4) is 5.75 Å². The average Bonchev–Trinajstić information content (AvgIpc) is 3.05. The third kappa shape index (κ3) is 3.22. The summed E-state index contributed by atoms with van der Waals surface area (Å²) >= 11 is 0. The zero-order valence-corrected chi connectivity index (χ0v) is 14.0. The molecule has 0 bridgehead atoms. The Kier molecular flexibility index (Phi) is 4.14. The quantitative estimate of drug-likeness (QED) is 0.769. The van der Waals surface area contributed by atoms with Crippen molar-refractivity contribution in [1.29, 1.82) is 0 Å². The van der Waals surface area contributed by atoms with E-state index in [1.165, 1.54) is 5.56 Å². The summed E-state index contributed by atoms with van der Waals surface area (Å²) in [4.78, 5) is 22.4. The van der Waals surface area contributed by atoms with Gasteiger partial charge in [0, 0.05) is 18.7 Å². The largest absolute Gasteiger partial charge is 0.508 e. The van der Waals surface area contributed by atoms with Gasteiger partial charge in [0.15, 0.2) is 5.82 Å². The predicted molar refractivity (Wildman–Crippen MR) is 96.6 cm³/mol. The minimum atomic E-state index is -0.0590. The average molecular weight is 335 g/mol. The number of piperidine rings is 1. The smallest absolute Gasteiger partial charge is 0.289 e. The zero-order valence-electron chi connectivity index (χ0n) is 14.0. The number of rotatable bonds is 3. The molecule has 1 aromatic heterocycles. The molecule has 0 spiro atoms. The van der Waals surface area contributed by atoms with E-state index in [0.29, 0.717) is 16.9 Å². The Balaban J connectivity index is 1.59. The number of phenolic OH excluding ortho intramolecular Hbond substituents is 1. The van der Waals surface area contributed by atoms with Gasteiger partial charge in [-0.1, -0.05) is 30.3 Å². The first-order chi connectivity index (χ1) is 12.2. The third-order valence-corrected chi connectivity index (χ3v) is 4.87. The van der Waals surface area contributed by atoms with Gasteiger partial charge in [-0.05, 0) is 43.4 Å². The first kappa shape index (κ1) is 15.7. The Hall–Kier alpha value is -2.82. The van der Waals surface area contributed by atoms with Crippen LogP contribution in [0, 0.1) is 0 Å². The fourth-order valence-electron chi connectivity index (χ4n) is 3.60. The van der Waals surface area contributed by atoms with Crippen molar-refractivity contribution in [2.75, 3.05) is 6.54 Å². The van der Waals surface area contributed by atoms with E-state index < -0.39 is 0 Å². The van der Waals surface area contributed by atoms with Crippen molar-refractivity contribution in [1.82, 2.24) is 14.9 Å². The highest BCUT2D eigenvalue weighted by Crippen LogP contribution is 2.24. The highest BCUT2D eigenvalue weighted by molar-refractivity contribution is 5.94. The summed E-state index contributed by atoms with van der Waals surface area (Å²) in [6.07, 6.45) is 4.06. The van der Waals surface area contributed by atoms with Crippen LogP contribution in [0.5, 0.6) is 5.75 Å². The normalized spacial score (nSPS) is 17.8. The topological polar surface area (TPSA) is 69.2 Å². The number of benzene rings is 2. The molecule has 1 aliphatic rings. The van der Waals surface area contributed by atoms with Crippen LogP contribution in [0.1, 0.15) is 35.4 Å². The van der Waals surface area contributed by atoms with Crippen LogP contribution in [-0.2, 0) is 6.42 Å². The molecule has 0 aliphatic carbocycles. The number of carbonyl (C=O) groups is 1. The molecule has 1 amide bonds. The number of nitrogens with one attached hydrogen (secondary N) is 1. The number of amides is 1. The van der Waals surface area contributed by atoms with E-state index in [1.807, 2.05) is 23.1 Å². The summed E-state index contributed by atoms with van der Waals surface area (Å²) in [7, 11) is 0. The lowest BCUT2D eigenvalue weighted by Gasteiger charge is -2.35. The van der Waals surface area contributed by atoms with Crippen LogP contribution < -0.4 is 0 Å². The highest BCUT2D eigenvalue weighted by atomic mass is 16.3. The lowest BCUT2D eigenvalue weighted by Crippen LogP contribution is -2.45. The van der Waals surface area contributed by atoms with Crippen molar-refractivity contribution in [2.24, 2.45) is 0 Å². The maximum Gasteiger partial charge on any atom is 0.289 e. The van der Waals surface area contributed by atoms with Crippen molar-refractivity contribution < 1.29 is 9.90 Å². The number of imidazole rings is 1. The summed E-state index contributed by atoms with van der Waals surface area (Å²) < 4.78 is 0. The van der Waals surface area contributed by atoms with Gasteiger partial charge in [-0.3, -0.25) is 4.79 Å². The van der Waals surface area contributed by atoms with Gasteiger partial charge in [0.25, 0.3) is 5.91 Å². The molecular formula is C20H21N3O2. The van der Waals surface area contributed by atoms with Gasteiger partial charge in [-0.2, -0.15) is 0 Å². The second kappa shape index (κ2) is 6.59. The Morgan fingerprint density at radius 1 is 1.20 bits per heavy atom. The molecule has 0 saturated carbocycles. The minimum absolute atomic E-state index is 0.0590. The van der Waals surface area contributed by atoms with E-state index in [2.05, 4.69) is 22.1 Å². The molecule has 2 N–H and O–H groups in total. The fraction of sp³-hybridized carbons (Fsp3) is 0.300. The van der Waals surface area contributed by atoms with Crippen molar-refractivity contribution in [3.05, 3.63) is 59.9 Å². The van der Waals surface area contributed by atoms with Crippen LogP contribution in [-0.4, -0.2) is 38.5 Å². The van der Waals surface area contributed by atoms with Crippen molar-refractivity contribution >= 4 is 16.9 Å². The Bertz CT molecular complexity index is 888. The fourth-order valence-corrected chi connectivity index (χ4v) is 3.60. The SMILES string of the molecule is O=C(c1nc2ccc(O)cc2[nH]1)N1CCCCC1Cc1ccccc1. The molecule has 1 atom stereocenters. The minimum Gasteiger partial charge on any atom is -0.508 e. The summed E-state index contributed by atoms with van der Waals surface area (Å²) in [5, 5.41) is 9.59. The number of aromatic amines is 1. The van der Waals surface area contributed by atoms with Gasteiger partial charge >= 0.3 is 0 Å². The molecule has 5 heteroatoms. The Morgan fingerprint density at radius 3 is 2.88 bits per heavy atom. The predicted octanol–water partition coefficient (Wildman–Crippen LogP) is 3.51. The molecule has 1 unspecified atom stereocenters. The number of phenols is 1. The van der Waals surface area contributed by atoms with Gasteiger partial charge in [0.1, 0.15) is 5.75 Å². The van der Waals surface area contributed by atoms with E-state index in [-0.39, 0.29) is 17.7 Å². The molecule has 2 aromatic carbocycles. The number of H-pyrrole nitrogens is 1. The Morgan fingerprint density at radius 2 is 2.04 bits per heavy atom. The number of likely N-dealkylation sites (tertiary alicyclic amines) is 1. The first-order valence-electron chi connectivity index (χ1n) is 8.74.